The Morgan fingerprint density at radius 2 is 2.19 bits per heavy atom. The third-order valence-corrected chi connectivity index (χ3v) is 3.86. The third-order valence-electron chi connectivity index (χ3n) is 3.27. The normalized spacial score (nSPS) is 28.6. The van der Waals surface area contributed by atoms with Gasteiger partial charge in [0.05, 0.1) is 6.61 Å². The topological polar surface area (TPSA) is 71.5 Å². The number of nitrogens with one attached hydrogen (secondary N) is 1. The zero-order chi connectivity index (χ0) is 11.0. The van der Waals surface area contributed by atoms with Crippen LogP contribution in [0.25, 0.3) is 0 Å². The van der Waals surface area contributed by atoms with Gasteiger partial charge < -0.3 is 15.2 Å². The lowest BCUT2D eigenvalue weighted by molar-refractivity contribution is -0.382. The average molecular weight is 242 g/mol. The van der Waals surface area contributed by atoms with Crippen molar-refractivity contribution in [1.29, 1.82) is 0 Å². The highest BCUT2D eigenvalue weighted by Gasteiger charge is 2.45. The number of aromatic nitrogens is 2. The van der Waals surface area contributed by atoms with Crippen molar-refractivity contribution in [2.45, 2.75) is 44.0 Å². The van der Waals surface area contributed by atoms with E-state index in [2.05, 4.69) is 9.36 Å². The molecular weight excluding hydrogens is 226 g/mol. The van der Waals surface area contributed by atoms with Gasteiger partial charge in [-0.25, -0.2) is 4.98 Å². The summed E-state index contributed by atoms with van der Waals surface area (Å²) in [7, 11) is 0. The SMILES string of the molecule is Nc1[nH+]c([C@H]2COC3(CCCCC3)O2)ns1. The van der Waals surface area contributed by atoms with Gasteiger partial charge in [-0.2, -0.15) is 0 Å². The molecule has 2 fully saturated rings. The number of hydrogen-bond acceptors (Lipinski definition) is 5. The van der Waals surface area contributed by atoms with Gasteiger partial charge in [-0.1, -0.05) is 6.42 Å². The minimum atomic E-state index is -0.338. The summed E-state index contributed by atoms with van der Waals surface area (Å²) >= 11 is 1.26. The fourth-order valence-electron chi connectivity index (χ4n) is 2.45. The minimum absolute atomic E-state index is 0.0772. The number of hydrogen-bond donors (Lipinski definition) is 1. The van der Waals surface area contributed by atoms with E-state index in [0.29, 0.717) is 11.7 Å². The molecule has 2 heterocycles. The van der Waals surface area contributed by atoms with Gasteiger partial charge >= 0.3 is 5.13 Å². The highest BCUT2D eigenvalue weighted by Crippen LogP contribution is 2.41. The van der Waals surface area contributed by atoms with Crippen molar-refractivity contribution < 1.29 is 14.5 Å². The number of nitrogen functional groups attached to an aromatic ring is 1. The molecule has 1 atom stereocenters. The predicted molar refractivity (Wildman–Crippen MR) is 58.7 cm³/mol. The number of anilines is 1. The van der Waals surface area contributed by atoms with Crippen molar-refractivity contribution in [3.63, 3.8) is 0 Å². The van der Waals surface area contributed by atoms with E-state index in [9.17, 15) is 0 Å². The molecule has 1 saturated carbocycles. The molecule has 0 unspecified atom stereocenters. The van der Waals surface area contributed by atoms with E-state index in [-0.39, 0.29) is 11.9 Å². The Morgan fingerprint density at radius 3 is 2.88 bits per heavy atom. The van der Waals surface area contributed by atoms with Gasteiger partial charge in [0.25, 0.3) is 5.82 Å². The molecule has 3 rings (SSSR count). The third kappa shape index (κ3) is 1.81. The van der Waals surface area contributed by atoms with Crippen LogP contribution >= 0.6 is 11.5 Å². The molecule has 1 saturated heterocycles. The summed E-state index contributed by atoms with van der Waals surface area (Å²) < 4.78 is 16.1. The second-order valence-corrected chi connectivity index (χ2v) is 5.25. The van der Waals surface area contributed by atoms with Crippen LogP contribution in [0.5, 0.6) is 0 Å². The molecule has 16 heavy (non-hydrogen) atoms. The molecule has 3 N–H and O–H groups in total. The largest absolute Gasteiger partial charge is 0.347 e. The molecule has 1 aromatic heterocycles. The van der Waals surface area contributed by atoms with Crippen LogP contribution in [0.2, 0.25) is 0 Å². The minimum Gasteiger partial charge on any atom is -0.347 e. The van der Waals surface area contributed by atoms with Crippen LogP contribution in [0.3, 0.4) is 0 Å². The van der Waals surface area contributed by atoms with Crippen molar-refractivity contribution in [2.75, 3.05) is 12.3 Å². The summed E-state index contributed by atoms with van der Waals surface area (Å²) in [5.41, 5.74) is 5.62. The standard InChI is InChI=1S/C10H15N3O2S/c11-9-12-8(13-16-9)7-6-14-10(15-7)4-2-1-3-5-10/h7H,1-6H2,(H2,11,12,13)/p+1/t7-/m1/s1. The van der Waals surface area contributed by atoms with Gasteiger partial charge in [-0.05, 0) is 17.2 Å². The summed E-state index contributed by atoms with van der Waals surface area (Å²) in [5, 5.41) is 0.614. The van der Waals surface area contributed by atoms with Crippen LogP contribution in [-0.2, 0) is 9.47 Å². The predicted octanol–water partition coefficient (Wildman–Crippen LogP) is 1.29. The zero-order valence-corrected chi connectivity index (χ0v) is 9.89. The van der Waals surface area contributed by atoms with Crippen LogP contribution < -0.4 is 10.7 Å². The van der Waals surface area contributed by atoms with Crippen molar-refractivity contribution >= 4 is 16.7 Å². The van der Waals surface area contributed by atoms with Crippen LogP contribution in [0.15, 0.2) is 0 Å². The lowest BCUT2D eigenvalue weighted by Gasteiger charge is -2.31. The molecule has 0 amide bonds. The van der Waals surface area contributed by atoms with Crippen molar-refractivity contribution in [2.24, 2.45) is 0 Å². The number of nitrogens with two attached hydrogens (primary N) is 1. The summed E-state index contributed by atoms with van der Waals surface area (Å²) in [6.45, 7) is 0.583. The number of rotatable bonds is 1. The molecule has 88 valence electrons. The molecule has 1 aliphatic carbocycles. The number of nitrogens with zero attached hydrogens (tertiary/aromatic N) is 1. The van der Waals surface area contributed by atoms with E-state index in [1.807, 2.05) is 0 Å². The van der Waals surface area contributed by atoms with Gasteiger partial charge in [0.15, 0.2) is 11.9 Å². The highest BCUT2D eigenvalue weighted by atomic mass is 32.1. The highest BCUT2D eigenvalue weighted by molar-refractivity contribution is 7.08. The Morgan fingerprint density at radius 1 is 1.38 bits per heavy atom. The molecule has 0 bridgehead atoms. The Balaban J connectivity index is 1.72. The maximum Gasteiger partial charge on any atom is 0.309 e. The van der Waals surface area contributed by atoms with E-state index < -0.39 is 0 Å². The van der Waals surface area contributed by atoms with Crippen molar-refractivity contribution in [3.05, 3.63) is 5.82 Å². The van der Waals surface area contributed by atoms with Crippen LogP contribution in [0, 0.1) is 0 Å². The van der Waals surface area contributed by atoms with Crippen LogP contribution in [0.1, 0.15) is 44.0 Å². The second kappa shape index (κ2) is 3.94. The Bertz CT molecular complexity index is 376. The maximum atomic E-state index is 6.02. The first-order valence-electron chi connectivity index (χ1n) is 5.74. The first-order chi connectivity index (χ1) is 7.77. The first-order valence-corrected chi connectivity index (χ1v) is 6.51. The summed E-state index contributed by atoms with van der Waals surface area (Å²) in [6.07, 6.45) is 5.60. The number of H-pyrrole nitrogens is 1. The van der Waals surface area contributed by atoms with Crippen molar-refractivity contribution in [3.8, 4) is 0 Å². The molecular formula is C10H16N3O2S+. The molecule has 5 nitrogen and oxygen atoms in total. The van der Waals surface area contributed by atoms with E-state index >= 15 is 0 Å². The van der Waals surface area contributed by atoms with Gasteiger partial charge in [0, 0.05) is 12.8 Å². The summed E-state index contributed by atoms with van der Waals surface area (Å²) in [5.74, 6) is 0.458. The quantitative estimate of drug-likeness (QED) is 0.805. The average Bonchev–Trinajstić information content (AvgIpc) is 2.87. The summed E-state index contributed by atoms with van der Waals surface area (Å²) in [4.78, 5) is 3.02. The lowest BCUT2D eigenvalue weighted by Crippen LogP contribution is -2.32. The molecule has 1 spiro atoms. The lowest BCUT2D eigenvalue weighted by atomic mass is 9.94. The molecule has 6 heteroatoms. The number of ether oxygens (including phenoxy) is 2. The van der Waals surface area contributed by atoms with E-state index in [0.717, 1.165) is 18.7 Å². The fourth-order valence-corrected chi connectivity index (χ4v) is 2.96. The van der Waals surface area contributed by atoms with E-state index in [1.54, 1.807) is 0 Å². The molecule has 1 aliphatic heterocycles. The van der Waals surface area contributed by atoms with Gasteiger partial charge in [-0.3, -0.25) is 0 Å². The molecule has 1 aromatic rings. The number of aromatic amines is 1. The summed E-state index contributed by atoms with van der Waals surface area (Å²) in [6, 6.07) is 0. The Hall–Kier alpha value is -0.720. The van der Waals surface area contributed by atoms with Gasteiger partial charge in [0.1, 0.15) is 11.5 Å². The maximum absolute atomic E-state index is 6.02. The fraction of sp³-hybridized carbons (Fsp3) is 0.800. The smallest absolute Gasteiger partial charge is 0.309 e. The van der Waals surface area contributed by atoms with E-state index in [4.69, 9.17) is 15.2 Å². The Labute approximate surface area is 98.1 Å². The van der Waals surface area contributed by atoms with Crippen LogP contribution in [0.4, 0.5) is 5.13 Å². The molecule has 0 aromatic carbocycles. The second-order valence-electron chi connectivity index (χ2n) is 4.45. The van der Waals surface area contributed by atoms with Crippen LogP contribution in [-0.4, -0.2) is 16.8 Å². The monoisotopic (exact) mass is 242 g/mol. The van der Waals surface area contributed by atoms with Gasteiger partial charge in [0.2, 0.25) is 0 Å². The van der Waals surface area contributed by atoms with Gasteiger partial charge in [-0.15, -0.1) is 0 Å². The molecule has 2 aliphatic rings. The molecule has 0 radical (unpaired) electrons. The zero-order valence-electron chi connectivity index (χ0n) is 9.07. The van der Waals surface area contributed by atoms with Crippen molar-refractivity contribution in [1.82, 2.24) is 4.37 Å². The first kappa shape index (κ1) is 10.4. The van der Waals surface area contributed by atoms with E-state index in [1.165, 1.54) is 30.8 Å². The Kier molecular flexibility index (Phi) is 2.57.